The molecule has 2 unspecified atom stereocenters. The maximum absolute atomic E-state index is 9.56. The third-order valence-corrected chi connectivity index (χ3v) is 4.07. The fourth-order valence-corrected chi connectivity index (χ4v) is 2.68. The maximum atomic E-state index is 9.56. The molecular weight excluding hydrogens is 240 g/mol. The molecule has 0 spiro atoms. The summed E-state index contributed by atoms with van der Waals surface area (Å²) in [4.78, 5) is 4.59. The number of hydrogen-bond donors (Lipinski definition) is 1. The van der Waals surface area contributed by atoms with E-state index < -0.39 is 0 Å². The van der Waals surface area contributed by atoms with Crippen LogP contribution >= 0.6 is 0 Å². The lowest BCUT2D eigenvalue weighted by Crippen LogP contribution is -2.43. The summed E-state index contributed by atoms with van der Waals surface area (Å²) < 4.78 is 5.47. The number of benzene rings is 1. The largest absolute Gasteiger partial charge is 0.495 e. The van der Waals surface area contributed by atoms with E-state index in [0.29, 0.717) is 6.04 Å². The fraction of sp³-hybridized carbons (Fsp3) is 0.600. The molecule has 1 N–H and O–H groups in total. The van der Waals surface area contributed by atoms with E-state index in [1.165, 1.54) is 0 Å². The average Bonchev–Trinajstić information content (AvgIpc) is 2.59. The number of nitrogens with zero attached hydrogens (tertiary/aromatic N) is 2. The Kier molecular flexibility index (Phi) is 4.66. The maximum Gasteiger partial charge on any atom is 0.142 e. The van der Waals surface area contributed by atoms with E-state index >= 15 is 0 Å². The van der Waals surface area contributed by atoms with Gasteiger partial charge >= 0.3 is 0 Å². The van der Waals surface area contributed by atoms with Gasteiger partial charge in [-0.2, -0.15) is 0 Å². The van der Waals surface area contributed by atoms with Gasteiger partial charge < -0.3 is 14.7 Å². The molecule has 0 bridgehead atoms. The van der Waals surface area contributed by atoms with E-state index in [1.54, 1.807) is 7.11 Å². The van der Waals surface area contributed by atoms with Gasteiger partial charge in [0.2, 0.25) is 0 Å². The van der Waals surface area contributed by atoms with Crippen molar-refractivity contribution in [3.05, 3.63) is 24.3 Å². The van der Waals surface area contributed by atoms with Crippen molar-refractivity contribution in [2.45, 2.75) is 25.4 Å². The Morgan fingerprint density at radius 3 is 2.79 bits per heavy atom. The van der Waals surface area contributed by atoms with Gasteiger partial charge in [0.05, 0.1) is 19.4 Å². The second-order valence-electron chi connectivity index (χ2n) is 5.28. The van der Waals surface area contributed by atoms with E-state index in [2.05, 4.69) is 29.8 Å². The lowest BCUT2D eigenvalue weighted by molar-refractivity contribution is 0.158. The number of aliphatic hydroxyl groups excluding tert-OH is 1. The van der Waals surface area contributed by atoms with Crippen LogP contribution in [0.3, 0.4) is 0 Å². The smallest absolute Gasteiger partial charge is 0.142 e. The van der Waals surface area contributed by atoms with Gasteiger partial charge in [0.25, 0.3) is 0 Å². The number of ether oxygens (including phenoxy) is 1. The summed E-state index contributed by atoms with van der Waals surface area (Å²) in [5, 5.41) is 9.56. The highest BCUT2D eigenvalue weighted by Crippen LogP contribution is 2.31. The molecule has 1 fully saturated rings. The van der Waals surface area contributed by atoms with Crippen molar-refractivity contribution in [3.8, 4) is 5.75 Å². The fourth-order valence-electron chi connectivity index (χ4n) is 2.68. The highest BCUT2D eigenvalue weighted by atomic mass is 16.5. The average molecular weight is 264 g/mol. The first-order chi connectivity index (χ1) is 9.17. The number of likely N-dealkylation sites (N-methyl/N-ethyl adjacent to an activating group) is 1. The van der Waals surface area contributed by atoms with Gasteiger partial charge in [0.15, 0.2) is 0 Å². The molecule has 1 aliphatic heterocycles. The van der Waals surface area contributed by atoms with Crippen LogP contribution in [0.1, 0.15) is 13.3 Å². The Balaban J connectivity index is 2.29. The van der Waals surface area contributed by atoms with Gasteiger partial charge in [-0.05, 0) is 32.5 Å². The van der Waals surface area contributed by atoms with E-state index in [1.807, 2.05) is 18.2 Å². The topological polar surface area (TPSA) is 35.9 Å². The molecule has 0 aromatic heterocycles. The minimum atomic E-state index is 0.176. The number of para-hydroxylation sites is 2. The Bertz CT molecular complexity index is 411. The second-order valence-corrected chi connectivity index (χ2v) is 5.28. The normalized spacial score (nSPS) is 25.2. The van der Waals surface area contributed by atoms with Gasteiger partial charge in [-0.25, -0.2) is 0 Å². The highest BCUT2D eigenvalue weighted by Gasteiger charge is 2.27. The molecule has 1 heterocycles. The summed E-state index contributed by atoms with van der Waals surface area (Å²) in [5.74, 6) is 0.899. The standard InChI is InChI=1S/C15H24N2O2/c1-12-8-9-16(2)13(11-18)10-17(12)14-6-4-5-7-15(14)19-3/h4-7,12-13,18H,8-11H2,1-3H3. The summed E-state index contributed by atoms with van der Waals surface area (Å²) in [7, 11) is 3.79. The Labute approximate surface area is 115 Å². The van der Waals surface area contributed by atoms with Crippen LogP contribution in [-0.4, -0.2) is 55.9 Å². The van der Waals surface area contributed by atoms with Crippen molar-refractivity contribution in [2.24, 2.45) is 0 Å². The first-order valence-corrected chi connectivity index (χ1v) is 6.88. The number of hydrogen-bond acceptors (Lipinski definition) is 4. The van der Waals surface area contributed by atoms with Gasteiger partial charge in [-0.1, -0.05) is 12.1 Å². The molecule has 1 aromatic rings. The Morgan fingerprint density at radius 1 is 1.37 bits per heavy atom. The zero-order valence-electron chi connectivity index (χ0n) is 12.0. The highest BCUT2D eigenvalue weighted by molar-refractivity contribution is 5.59. The SMILES string of the molecule is COc1ccccc1N1CC(CO)N(C)CCC1C. The van der Waals surface area contributed by atoms with Crippen LogP contribution in [0, 0.1) is 0 Å². The molecule has 2 atom stereocenters. The van der Waals surface area contributed by atoms with Gasteiger partial charge in [-0.15, -0.1) is 0 Å². The molecular formula is C15H24N2O2. The predicted molar refractivity (Wildman–Crippen MR) is 77.9 cm³/mol. The lowest BCUT2D eigenvalue weighted by Gasteiger charge is -2.33. The molecule has 0 radical (unpaired) electrons. The monoisotopic (exact) mass is 264 g/mol. The molecule has 1 saturated heterocycles. The van der Waals surface area contributed by atoms with Crippen LogP contribution in [0.2, 0.25) is 0 Å². The van der Waals surface area contributed by atoms with Crippen LogP contribution in [-0.2, 0) is 0 Å². The molecule has 1 aromatic carbocycles. The quantitative estimate of drug-likeness (QED) is 0.899. The van der Waals surface area contributed by atoms with E-state index in [4.69, 9.17) is 4.74 Å². The Morgan fingerprint density at radius 2 is 2.11 bits per heavy atom. The summed E-state index contributed by atoms with van der Waals surface area (Å²) >= 11 is 0. The van der Waals surface area contributed by atoms with Crippen molar-refractivity contribution >= 4 is 5.69 Å². The molecule has 2 rings (SSSR count). The van der Waals surface area contributed by atoms with Crippen LogP contribution in [0.15, 0.2) is 24.3 Å². The zero-order chi connectivity index (χ0) is 13.8. The van der Waals surface area contributed by atoms with Gasteiger partial charge in [-0.3, -0.25) is 4.90 Å². The molecule has 106 valence electrons. The summed E-state index contributed by atoms with van der Waals surface area (Å²) in [6, 6.07) is 8.72. The van der Waals surface area contributed by atoms with Crippen LogP contribution in [0.5, 0.6) is 5.75 Å². The van der Waals surface area contributed by atoms with Crippen molar-refractivity contribution < 1.29 is 9.84 Å². The lowest BCUT2D eigenvalue weighted by atomic mass is 10.1. The summed E-state index contributed by atoms with van der Waals surface area (Å²) in [5.41, 5.74) is 1.12. The molecule has 4 heteroatoms. The van der Waals surface area contributed by atoms with Crippen LogP contribution in [0.25, 0.3) is 0 Å². The van der Waals surface area contributed by atoms with Gasteiger partial charge in [0, 0.05) is 25.2 Å². The van der Waals surface area contributed by atoms with E-state index in [9.17, 15) is 5.11 Å². The number of rotatable bonds is 3. The number of anilines is 1. The summed E-state index contributed by atoms with van der Waals surface area (Å²) in [6.45, 7) is 4.27. The predicted octanol–water partition coefficient (Wildman–Crippen LogP) is 1.59. The molecule has 1 aliphatic rings. The van der Waals surface area contributed by atoms with Crippen molar-refractivity contribution in [2.75, 3.05) is 38.8 Å². The van der Waals surface area contributed by atoms with Crippen LogP contribution < -0.4 is 9.64 Å². The number of methoxy groups -OCH3 is 1. The minimum Gasteiger partial charge on any atom is -0.495 e. The zero-order valence-corrected chi connectivity index (χ0v) is 12.0. The Hall–Kier alpha value is -1.26. The molecule has 0 saturated carbocycles. The van der Waals surface area contributed by atoms with E-state index in [-0.39, 0.29) is 12.6 Å². The van der Waals surface area contributed by atoms with Gasteiger partial charge in [0.1, 0.15) is 5.75 Å². The molecule has 0 aliphatic carbocycles. The van der Waals surface area contributed by atoms with Crippen LogP contribution in [0.4, 0.5) is 5.69 Å². The number of aliphatic hydroxyl groups is 1. The third-order valence-electron chi connectivity index (χ3n) is 4.07. The van der Waals surface area contributed by atoms with Crippen molar-refractivity contribution in [1.82, 2.24) is 4.90 Å². The van der Waals surface area contributed by atoms with Crippen molar-refractivity contribution in [3.63, 3.8) is 0 Å². The third kappa shape index (κ3) is 3.01. The molecule has 19 heavy (non-hydrogen) atoms. The van der Waals surface area contributed by atoms with Crippen molar-refractivity contribution in [1.29, 1.82) is 0 Å². The minimum absolute atomic E-state index is 0.176. The molecule has 0 amide bonds. The summed E-state index contributed by atoms with van der Waals surface area (Å²) in [6.07, 6.45) is 1.09. The first-order valence-electron chi connectivity index (χ1n) is 6.88. The molecule has 4 nitrogen and oxygen atoms in total. The first kappa shape index (κ1) is 14.2. The van der Waals surface area contributed by atoms with E-state index in [0.717, 1.165) is 30.9 Å². The second kappa shape index (κ2) is 6.26.